The van der Waals surface area contributed by atoms with Gasteiger partial charge in [0.2, 0.25) is 0 Å². The number of halogens is 4. The van der Waals surface area contributed by atoms with E-state index in [1.54, 1.807) is 24.3 Å². The molecule has 0 aromatic heterocycles. The summed E-state index contributed by atoms with van der Waals surface area (Å²) in [7, 11) is 0. The Morgan fingerprint density at radius 1 is 1.17 bits per heavy atom. The monoisotopic (exact) mass is 370 g/mol. The molecule has 0 unspecified atom stereocenters. The highest BCUT2D eigenvalue weighted by Gasteiger charge is 2.45. The van der Waals surface area contributed by atoms with Crippen LogP contribution in [0.3, 0.4) is 0 Å². The van der Waals surface area contributed by atoms with Crippen molar-refractivity contribution in [2.75, 3.05) is 26.2 Å². The molecule has 1 aliphatic rings. The number of piperazine rings is 1. The van der Waals surface area contributed by atoms with Crippen molar-refractivity contribution in [3.05, 3.63) is 33.4 Å². The van der Waals surface area contributed by atoms with E-state index in [1.807, 2.05) is 22.6 Å². The van der Waals surface area contributed by atoms with Crippen molar-refractivity contribution in [2.45, 2.75) is 12.2 Å². The van der Waals surface area contributed by atoms with E-state index in [2.05, 4.69) is 5.32 Å². The Bertz CT molecular complexity index is 403. The molecule has 0 radical (unpaired) electrons. The molecule has 0 amide bonds. The lowest BCUT2D eigenvalue weighted by Gasteiger charge is -2.36. The Morgan fingerprint density at radius 3 is 2.33 bits per heavy atom. The first kappa shape index (κ1) is 14.1. The summed E-state index contributed by atoms with van der Waals surface area (Å²) in [5.74, 6) is 0. The summed E-state index contributed by atoms with van der Waals surface area (Å²) < 4.78 is 40.6. The molecule has 1 aromatic rings. The Balaban J connectivity index is 2.34. The standard InChI is InChI=1S/C12H14F3IN2/c13-12(14,15)11(18-7-5-17-6-8-18)9-3-1-2-4-10(9)16/h1-4,11,17H,5-8H2/t11-/m0/s1. The molecule has 1 N–H and O–H groups in total. The molecule has 1 atom stereocenters. The zero-order valence-electron chi connectivity index (χ0n) is 9.67. The number of benzene rings is 1. The average molecular weight is 370 g/mol. The topological polar surface area (TPSA) is 15.3 Å². The largest absolute Gasteiger partial charge is 0.408 e. The molecule has 0 bridgehead atoms. The molecule has 1 aromatic carbocycles. The highest BCUT2D eigenvalue weighted by Crippen LogP contribution is 2.39. The lowest BCUT2D eigenvalue weighted by Crippen LogP contribution is -2.49. The summed E-state index contributed by atoms with van der Waals surface area (Å²) in [6.07, 6.45) is -4.24. The molecule has 6 heteroatoms. The van der Waals surface area contributed by atoms with Crippen LogP contribution in [-0.2, 0) is 0 Å². The van der Waals surface area contributed by atoms with E-state index in [4.69, 9.17) is 0 Å². The van der Waals surface area contributed by atoms with E-state index < -0.39 is 12.2 Å². The van der Waals surface area contributed by atoms with Gasteiger partial charge in [-0.15, -0.1) is 0 Å². The molecule has 0 aliphatic carbocycles. The van der Waals surface area contributed by atoms with Crippen LogP contribution in [0.2, 0.25) is 0 Å². The number of hydrogen-bond donors (Lipinski definition) is 1. The van der Waals surface area contributed by atoms with Gasteiger partial charge in [0.05, 0.1) is 0 Å². The van der Waals surface area contributed by atoms with Crippen LogP contribution in [-0.4, -0.2) is 37.3 Å². The first-order valence-corrected chi connectivity index (χ1v) is 6.84. The van der Waals surface area contributed by atoms with Gasteiger partial charge >= 0.3 is 6.18 Å². The fourth-order valence-corrected chi connectivity index (χ4v) is 2.90. The molecule has 1 aliphatic heterocycles. The van der Waals surface area contributed by atoms with Crippen molar-refractivity contribution in [2.24, 2.45) is 0 Å². The molecule has 100 valence electrons. The van der Waals surface area contributed by atoms with Gasteiger partial charge in [0.25, 0.3) is 0 Å². The summed E-state index contributed by atoms with van der Waals surface area (Å²) in [6, 6.07) is 5.22. The zero-order valence-corrected chi connectivity index (χ0v) is 11.8. The van der Waals surface area contributed by atoms with Crippen molar-refractivity contribution < 1.29 is 13.2 Å². The van der Waals surface area contributed by atoms with E-state index in [9.17, 15) is 13.2 Å². The van der Waals surface area contributed by atoms with Crippen molar-refractivity contribution in [1.82, 2.24) is 10.2 Å². The third-order valence-corrected chi connectivity index (χ3v) is 4.01. The quantitative estimate of drug-likeness (QED) is 0.806. The molecule has 0 spiro atoms. The van der Waals surface area contributed by atoms with Crippen LogP contribution in [0.15, 0.2) is 24.3 Å². The number of nitrogens with one attached hydrogen (secondary N) is 1. The smallest absolute Gasteiger partial charge is 0.314 e. The number of hydrogen-bond acceptors (Lipinski definition) is 2. The molecule has 2 rings (SSSR count). The molecule has 1 fully saturated rings. The van der Waals surface area contributed by atoms with E-state index in [-0.39, 0.29) is 0 Å². The third-order valence-electron chi connectivity index (χ3n) is 3.03. The Hall–Kier alpha value is -0.340. The second-order valence-corrected chi connectivity index (χ2v) is 5.41. The summed E-state index contributed by atoms with van der Waals surface area (Å²) in [4.78, 5) is 1.51. The summed E-state index contributed by atoms with van der Waals surface area (Å²) in [5, 5.41) is 3.08. The summed E-state index contributed by atoms with van der Waals surface area (Å²) in [6.45, 7) is 2.07. The van der Waals surface area contributed by atoms with Gasteiger partial charge < -0.3 is 5.32 Å². The predicted molar refractivity (Wildman–Crippen MR) is 72.4 cm³/mol. The Kier molecular flexibility index (Phi) is 4.50. The maximum Gasteiger partial charge on any atom is 0.408 e. The van der Waals surface area contributed by atoms with Gasteiger partial charge in [-0.05, 0) is 34.2 Å². The average Bonchev–Trinajstić information content (AvgIpc) is 2.32. The third kappa shape index (κ3) is 3.16. The minimum atomic E-state index is -4.24. The van der Waals surface area contributed by atoms with Gasteiger partial charge in [-0.1, -0.05) is 18.2 Å². The lowest BCUT2D eigenvalue weighted by molar-refractivity contribution is -0.188. The predicted octanol–water partition coefficient (Wildman–Crippen LogP) is 2.80. The zero-order chi connectivity index (χ0) is 13.2. The van der Waals surface area contributed by atoms with E-state index >= 15 is 0 Å². The Labute approximate surface area is 118 Å². The number of rotatable bonds is 2. The minimum absolute atomic E-state index is 0.354. The summed E-state index contributed by atoms with van der Waals surface area (Å²) in [5.41, 5.74) is 0.354. The molecule has 18 heavy (non-hydrogen) atoms. The molecule has 0 saturated carbocycles. The van der Waals surface area contributed by atoms with Gasteiger partial charge in [-0.3, -0.25) is 4.90 Å². The van der Waals surface area contributed by atoms with E-state index in [0.717, 1.165) is 0 Å². The van der Waals surface area contributed by atoms with Gasteiger partial charge in [-0.2, -0.15) is 13.2 Å². The van der Waals surface area contributed by atoms with Crippen molar-refractivity contribution >= 4 is 22.6 Å². The molecule has 2 nitrogen and oxygen atoms in total. The SMILES string of the molecule is FC(F)(F)[C@H](c1ccccc1I)N1CCNCC1. The minimum Gasteiger partial charge on any atom is -0.314 e. The second kappa shape index (κ2) is 5.75. The highest BCUT2D eigenvalue weighted by molar-refractivity contribution is 14.1. The first-order chi connectivity index (χ1) is 8.50. The van der Waals surface area contributed by atoms with Crippen LogP contribution in [0, 0.1) is 3.57 Å². The van der Waals surface area contributed by atoms with Crippen LogP contribution in [0.1, 0.15) is 11.6 Å². The van der Waals surface area contributed by atoms with Gasteiger partial charge in [0, 0.05) is 29.7 Å². The second-order valence-electron chi connectivity index (χ2n) is 4.25. The lowest BCUT2D eigenvalue weighted by atomic mass is 10.0. The molecule has 1 heterocycles. The maximum absolute atomic E-state index is 13.3. The van der Waals surface area contributed by atoms with E-state index in [1.165, 1.54) is 4.90 Å². The van der Waals surface area contributed by atoms with Gasteiger partial charge in [0.15, 0.2) is 0 Å². The van der Waals surface area contributed by atoms with Crippen LogP contribution in [0.25, 0.3) is 0 Å². The summed E-state index contributed by atoms with van der Waals surface area (Å²) >= 11 is 1.97. The molecule has 1 saturated heterocycles. The normalized spacial score (nSPS) is 19.8. The van der Waals surface area contributed by atoms with E-state index in [0.29, 0.717) is 35.3 Å². The van der Waals surface area contributed by atoms with Crippen molar-refractivity contribution in [3.63, 3.8) is 0 Å². The Morgan fingerprint density at radius 2 is 1.78 bits per heavy atom. The first-order valence-electron chi connectivity index (χ1n) is 5.76. The van der Waals surface area contributed by atoms with Crippen molar-refractivity contribution in [1.29, 1.82) is 0 Å². The van der Waals surface area contributed by atoms with Gasteiger partial charge in [0.1, 0.15) is 6.04 Å². The van der Waals surface area contributed by atoms with Crippen LogP contribution in [0.5, 0.6) is 0 Å². The molecular weight excluding hydrogens is 356 g/mol. The fourth-order valence-electron chi connectivity index (χ4n) is 2.22. The van der Waals surface area contributed by atoms with Crippen molar-refractivity contribution in [3.8, 4) is 0 Å². The number of alkyl halides is 3. The fraction of sp³-hybridized carbons (Fsp3) is 0.500. The maximum atomic E-state index is 13.3. The molecular formula is C12H14F3IN2. The van der Waals surface area contributed by atoms with Gasteiger partial charge in [-0.25, -0.2) is 0 Å². The van der Waals surface area contributed by atoms with Crippen LogP contribution >= 0.6 is 22.6 Å². The highest BCUT2D eigenvalue weighted by atomic mass is 127. The van der Waals surface area contributed by atoms with Crippen LogP contribution in [0.4, 0.5) is 13.2 Å². The number of nitrogens with zero attached hydrogens (tertiary/aromatic N) is 1. The van der Waals surface area contributed by atoms with Crippen LogP contribution < -0.4 is 5.32 Å².